The van der Waals surface area contributed by atoms with Crippen molar-refractivity contribution < 1.29 is 13.9 Å². The molecule has 0 aliphatic carbocycles. The number of amides is 1. The minimum atomic E-state index is -0.492. The van der Waals surface area contributed by atoms with Crippen LogP contribution in [0.1, 0.15) is 5.56 Å². The fraction of sp³-hybridized carbons (Fsp3) is 0.154. The number of fused-ring (bicyclic) bond motifs is 1. The van der Waals surface area contributed by atoms with Crippen molar-refractivity contribution in [2.75, 3.05) is 11.9 Å². The monoisotopic (exact) mass is 335 g/mol. The highest BCUT2D eigenvalue weighted by atomic mass is 35.5. The molecule has 0 aliphatic rings. The van der Waals surface area contributed by atoms with Crippen LogP contribution in [0.4, 0.5) is 5.95 Å². The van der Waals surface area contributed by atoms with Crippen LogP contribution in [0.15, 0.2) is 27.4 Å². The number of hydrogen-bond donors (Lipinski definition) is 2. The average molecular weight is 336 g/mol. The summed E-state index contributed by atoms with van der Waals surface area (Å²) in [5, 5.41) is 16.0. The number of aromatic amines is 1. The molecule has 0 fully saturated rings. The van der Waals surface area contributed by atoms with Gasteiger partial charge < -0.3 is 9.15 Å². The minimum Gasteiger partial charge on any atom is -0.482 e. The van der Waals surface area contributed by atoms with E-state index in [2.05, 4.69) is 25.9 Å². The van der Waals surface area contributed by atoms with Crippen molar-refractivity contribution in [3.8, 4) is 5.75 Å². The van der Waals surface area contributed by atoms with Gasteiger partial charge >= 0.3 is 5.63 Å². The molecule has 3 aromatic rings. The lowest BCUT2D eigenvalue weighted by molar-refractivity contribution is -0.118. The predicted octanol–water partition coefficient (Wildman–Crippen LogP) is 1.29. The van der Waals surface area contributed by atoms with E-state index in [0.29, 0.717) is 16.0 Å². The van der Waals surface area contributed by atoms with Gasteiger partial charge in [0, 0.05) is 17.5 Å². The Morgan fingerprint density at radius 3 is 3.00 bits per heavy atom. The first-order valence-corrected chi connectivity index (χ1v) is 6.81. The fourth-order valence-corrected chi connectivity index (χ4v) is 2.17. The van der Waals surface area contributed by atoms with Crippen molar-refractivity contribution in [2.24, 2.45) is 0 Å². The molecule has 23 heavy (non-hydrogen) atoms. The number of halogens is 1. The summed E-state index contributed by atoms with van der Waals surface area (Å²) in [6, 6.07) is 4.45. The summed E-state index contributed by atoms with van der Waals surface area (Å²) < 4.78 is 10.4. The Bertz CT molecular complexity index is 922. The minimum absolute atomic E-state index is 0.0322. The van der Waals surface area contributed by atoms with E-state index in [9.17, 15) is 9.59 Å². The summed E-state index contributed by atoms with van der Waals surface area (Å²) in [7, 11) is 0. The molecular formula is C13H10ClN5O4. The Hall–Kier alpha value is -2.94. The second kappa shape index (κ2) is 6.05. The Balaban J connectivity index is 1.78. The molecule has 0 saturated heterocycles. The fourth-order valence-electron chi connectivity index (χ4n) is 1.95. The first kappa shape index (κ1) is 15.0. The molecule has 1 aromatic carbocycles. The zero-order valence-corrected chi connectivity index (χ0v) is 12.5. The normalized spacial score (nSPS) is 10.7. The molecule has 0 bridgehead atoms. The lowest BCUT2D eigenvalue weighted by Crippen LogP contribution is -2.21. The molecule has 2 aromatic heterocycles. The molecule has 10 heteroatoms. The van der Waals surface area contributed by atoms with E-state index in [4.69, 9.17) is 20.8 Å². The van der Waals surface area contributed by atoms with Gasteiger partial charge in [0.05, 0.1) is 5.02 Å². The Morgan fingerprint density at radius 1 is 1.43 bits per heavy atom. The van der Waals surface area contributed by atoms with Gasteiger partial charge in [-0.15, -0.1) is 5.10 Å². The number of carbonyl (C=O) groups excluding carboxylic acids is 1. The molecule has 0 aliphatic heterocycles. The highest BCUT2D eigenvalue weighted by Gasteiger charge is 2.12. The second-order valence-corrected chi connectivity index (χ2v) is 5.01. The Morgan fingerprint density at radius 2 is 2.26 bits per heavy atom. The summed E-state index contributed by atoms with van der Waals surface area (Å²) in [4.78, 5) is 23.1. The van der Waals surface area contributed by atoms with Crippen LogP contribution in [0, 0.1) is 6.92 Å². The molecule has 2 N–H and O–H groups in total. The predicted molar refractivity (Wildman–Crippen MR) is 80.5 cm³/mol. The van der Waals surface area contributed by atoms with Gasteiger partial charge in [-0.05, 0) is 23.8 Å². The van der Waals surface area contributed by atoms with E-state index in [1.54, 1.807) is 13.0 Å². The van der Waals surface area contributed by atoms with E-state index in [1.807, 2.05) is 0 Å². The number of benzene rings is 1. The van der Waals surface area contributed by atoms with Gasteiger partial charge in [-0.1, -0.05) is 16.7 Å². The largest absolute Gasteiger partial charge is 0.482 e. The van der Waals surface area contributed by atoms with Crippen molar-refractivity contribution in [1.82, 2.24) is 20.6 Å². The number of H-pyrrole nitrogens is 1. The van der Waals surface area contributed by atoms with Crippen molar-refractivity contribution in [1.29, 1.82) is 0 Å². The van der Waals surface area contributed by atoms with Gasteiger partial charge in [0.2, 0.25) is 0 Å². The molecule has 1 amide bonds. The van der Waals surface area contributed by atoms with E-state index >= 15 is 0 Å². The van der Waals surface area contributed by atoms with Crippen molar-refractivity contribution in [3.63, 3.8) is 0 Å². The molecular weight excluding hydrogens is 326 g/mol. The van der Waals surface area contributed by atoms with Crippen molar-refractivity contribution in [3.05, 3.63) is 39.2 Å². The SMILES string of the molecule is Cc1cc(=O)oc2cc(OCC(=O)Nc3nn[nH]n3)c(Cl)cc12. The standard InChI is InChI=1S/C13H10ClN5O4/c1-6-2-12(21)23-9-4-10(8(14)3-7(6)9)22-5-11(20)15-13-16-18-19-17-13/h2-4H,5H2,1H3,(H2,15,16,17,18,19,20). The van der Waals surface area contributed by atoms with E-state index in [1.165, 1.54) is 12.1 Å². The molecule has 9 nitrogen and oxygen atoms in total. The van der Waals surface area contributed by atoms with E-state index in [-0.39, 0.29) is 18.3 Å². The summed E-state index contributed by atoms with van der Waals surface area (Å²) in [6.07, 6.45) is 0. The van der Waals surface area contributed by atoms with Gasteiger partial charge in [-0.25, -0.2) is 4.79 Å². The number of hydrogen-bond acceptors (Lipinski definition) is 7. The van der Waals surface area contributed by atoms with Gasteiger partial charge in [0.1, 0.15) is 11.3 Å². The summed E-state index contributed by atoms with van der Waals surface area (Å²) in [5.74, 6) is -0.241. The van der Waals surface area contributed by atoms with Gasteiger partial charge in [-0.2, -0.15) is 5.21 Å². The third kappa shape index (κ3) is 3.29. The Kier molecular flexibility index (Phi) is 3.94. The third-order valence-corrected chi connectivity index (χ3v) is 3.25. The second-order valence-electron chi connectivity index (χ2n) is 4.60. The van der Waals surface area contributed by atoms with Crippen LogP contribution in [-0.2, 0) is 4.79 Å². The quantitative estimate of drug-likeness (QED) is 0.688. The van der Waals surface area contributed by atoms with Crippen LogP contribution < -0.4 is 15.7 Å². The van der Waals surface area contributed by atoms with Crippen LogP contribution in [0.3, 0.4) is 0 Å². The van der Waals surface area contributed by atoms with E-state index in [0.717, 1.165) is 5.56 Å². The Labute approximate surface area is 133 Å². The molecule has 0 radical (unpaired) electrons. The van der Waals surface area contributed by atoms with Crippen molar-refractivity contribution >= 4 is 34.4 Å². The van der Waals surface area contributed by atoms with Crippen LogP contribution in [0.25, 0.3) is 11.0 Å². The third-order valence-electron chi connectivity index (χ3n) is 2.96. The summed E-state index contributed by atoms with van der Waals surface area (Å²) >= 11 is 6.12. The maximum absolute atomic E-state index is 11.7. The number of nitrogens with one attached hydrogen (secondary N) is 2. The molecule has 118 valence electrons. The summed E-state index contributed by atoms with van der Waals surface area (Å²) in [5.41, 5.74) is 0.589. The number of tetrazole rings is 1. The number of aromatic nitrogens is 4. The van der Waals surface area contributed by atoms with E-state index < -0.39 is 11.5 Å². The highest BCUT2D eigenvalue weighted by molar-refractivity contribution is 6.32. The summed E-state index contributed by atoms with van der Waals surface area (Å²) in [6.45, 7) is 1.45. The first-order valence-electron chi connectivity index (χ1n) is 6.43. The lowest BCUT2D eigenvalue weighted by atomic mass is 10.1. The molecule has 0 spiro atoms. The average Bonchev–Trinajstić information content (AvgIpc) is 2.99. The van der Waals surface area contributed by atoms with Gasteiger partial charge in [-0.3, -0.25) is 10.1 Å². The lowest BCUT2D eigenvalue weighted by Gasteiger charge is -2.09. The van der Waals surface area contributed by atoms with Crippen molar-refractivity contribution in [2.45, 2.75) is 6.92 Å². The maximum atomic E-state index is 11.7. The zero-order chi connectivity index (χ0) is 16.4. The van der Waals surface area contributed by atoms with Crippen LogP contribution in [0.5, 0.6) is 5.75 Å². The molecule has 0 unspecified atom stereocenters. The van der Waals surface area contributed by atoms with Crippen LogP contribution in [0.2, 0.25) is 5.02 Å². The first-order chi connectivity index (χ1) is 11.0. The van der Waals surface area contributed by atoms with Gasteiger partial charge in [0.25, 0.3) is 11.9 Å². The topological polar surface area (TPSA) is 123 Å². The molecule has 2 heterocycles. The molecule has 0 atom stereocenters. The number of aryl methyl sites for hydroxylation is 1. The molecule has 3 rings (SSSR count). The number of carbonyl (C=O) groups is 1. The van der Waals surface area contributed by atoms with Gasteiger partial charge in [0.15, 0.2) is 6.61 Å². The smallest absolute Gasteiger partial charge is 0.336 e. The number of ether oxygens (including phenoxy) is 1. The number of rotatable bonds is 4. The zero-order valence-electron chi connectivity index (χ0n) is 11.8. The highest BCUT2D eigenvalue weighted by Crippen LogP contribution is 2.30. The molecule has 0 saturated carbocycles. The van der Waals surface area contributed by atoms with Crippen LogP contribution >= 0.6 is 11.6 Å². The van der Waals surface area contributed by atoms with Crippen LogP contribution in [-0.4, -0.2) is 33.1 Å². The number of anilines is 1. The number of nitrogens with zero attached hydrogens (tertiary/aromatic N) is 3. The maximum Gasteiger partial charge on any atom is 0.336 e.